The van der Waals surface area contributed by atoms with Gasteiger partial charge in [-0.15, -0.1) is 0 Å². The molecule has 8 N–H and O–H groups in total. The summed E-state index contributed by atoms with van der Waals surface area (Å²) in [5.41, 5.74) is 6.24. The number of hydrogen-bond donors (Lipinski definition) is 7. The summed E-state index contributed by atoms with van der Waals surface area (Å²) in [6.45, 7) is 0.518. The molecule has 1 rings (SSSR count). The minimum absolute atomic E-state index is 0.0482. The van der Waals surface area contributed by atoms with Crippen LogP contribution in [-0.4, -0.2) is 87.9 Å². The third-order valence-corrected chi connectivity index (χ3v) is 5.42. The molecule has 0 spiro atoms. The number of aliphatic hydroxyl groups excluding tert-OH is 2. The summed E-state index contributed by atoms with van der Waals surface area (Å²) in [7, 11) is 0. The van der Waals surface area contributed by atoms with Crippen molar-refractivity contribution in [1.29, 1.82) is 0 Å². The molecule has 5 unspecified atom stereocenters. The predicted octanol–water partition coefficient (Wildman–Crippen LogP) is -1.78. The van der Waals surface area contributed by atoms with E-state index in [1.807, 2.05) is 6.26 Å². The molecule has 0 saturated carbocycles. The number of carboxylic acid groups (broad SMARTS) is 1. The van der Waals surface area contributed by atoms with Crippen LogP contribution in [0.2, 0.25) is 0 Å². The molecule has 184 valence electrons. The van der Waals surface area contributed by atoms with Crippen molar-refractivity contribution in [2.24, 2.45) is 5.73 Å². The van der Waals surface area contributed by atoms with Gasteiger partial charge in [0.2, 0.25) is 17.7 Å². The van der Waals surface area contributed by atoms with Gasteiger partial charge in [-0.05, 0) is 30.9 Å². The Balaban J connectivity index is 3.00. The second kappa shape index (κ2) is 14.5. The fourth-order valence-corrected chi connectivity index (χ4v) is 3.25. The Hall–Kier alpha value is -2.67. The van der Waals surface area contributed by atoms with Crippen molar-refractivity contribution in [1.82, 2.24) is 16.0 Å². The number of carbonyl (C=O) groups excluding carboxylic acids is 3. The average Bonchev–Trinajstić information content (AvgIpc) is 2.79. The van der Waals surface area contributed by atoms with Crippen molar-refractivity contribution < 1.29 is 34.5 Å². The molecule has 12 heteroatoms. The summed E-state index contributed by atoms with van der Waals surface area (Å²) in [5, 5.41) is 35.5. The van der Waals surface area contributed by atoms with Gasteiger partial charge in [-0.3, -0.25) is 14.4 Å². The molecule has 0 aliphatic heterocycles. The number of nitrogens with one attached hydrogen (secondary N) is 3. The minimum atomic E-state index is -1.43. The number of thioether (sulfide) groups is 1. The topological polar surface area (TPSA) is 191 Å². The Bertz CT molecular complexity index is 794. The zero-order valence-corrected chi connectivity index (χ0v) is 19.4. The molecule has 33 heavy (non-hydrogen) atoms. The summed E-state index contributed by atoms with van der Waals surface area (Å²) in [6, 6.07) is 3.69. The summed E-state index contributed by atoms with van der Waals surface area (Å²) >= 11 is 1.43. The van der Waals surface area contributed by atoms with E-state index < -0.39 is 60.6 Å². The van der Waals surface area contributed by atoms with E-state index in [2.05, 4.69) is 16.0 Å². The number of hydrogen-bond acceptors (Lipinski definition) is 8. The van der Waals surface area contributed by atoms with Gasteiger partial charge in [0.25, 0.3) is 0 Å². The van der Waals surface area contributed by atoms with Gasteiger partial charge >= 0.3 is 5.97 Å². The van der Waals surface area contributed by atoms with Crippen LogP contribution in [0.4, 0.5) is 0 Å². The number of benzene rings is 1. The van der Waals surface area contributed by atoms with Crippen LogP contribution in [0.3, 0.4) is 0 Å². The largest absolute Gasteiger partial charge is 0.480 e. The smallest absolute Gasteiger partial charge is 0.326 e. The summed E-state index contributed by atoms with van der Waals surface area (Å²) in [4.78, 5) is 49.2. The Morgan fingerprint density at radius 1 is 0.970 bits per heavy atom. The molecule has 0 aliphatic carbocycles. The number of carboxylic acids is 1. The quantitative estimate of drug-likeness (QED) is 0.160. The van der Waals surface area contributed by atoms with Gasteiger partial charge in [0.05, 0.1) is 12.7 Å². The predicted molar refractivity (Wildman–Crippen MR) is 123 cm³/mol. The van der Waals surface area contributed by atoms with Crippen molar-refractivity contribution in [2.75, 3.05) is 18.6 Å². The molecule has 0 heterocycles. The van der Waals surface area contributed by atoms with E-state index >= 15 is 0 Å². The van der Waals surface area contributed by atoms with Gasteiger partial charge in [-0.1, -0.05) is 30.3 Å². The maximum absolute atomic E-state index is 12.9. The van der Waals surface area contributed by atoms with Gasteiger partial charge in [-0.25, -0.2) is 4.79 Å². The molecule has 5 atom stereocenters. The second-order valence-electron chi connectivity index (χ2n) is 7.44. The van der Waals surface area contributed by atoms with Crippen molar-refractivity contribution in [2.45, 2.75) is 50.0 Å². The first-order valence-corrected chi connectivity index (χ1v) is 11.7. The Morgan fingerprint density at radius 2 is 1.52 bits per heavy atom. The second-order valence-corrected chi connectivity index (χ2v) is 8.43. The molecule has 11 nitrogen and oxygen atoms in total. The highest BCUT2D eigenvalue weighted by molar-refractivity contribution is 7.98. The van der Waals surface area contributed by atoms with Crippen molar-refractivity contribution in [3.8, 4) is 0 Å². The number of carbonyl (C=O) groups is 4. The van der Waals surface area contributed by atoms with Crippen molar-refractivity contribution in [3.63, 3.8) is 0 Å². The van der Waals surface area contributed by atoms with E-state index in [4.69, 9.17) is 5.73 Å². The molecule has 0 saturated heterocycles. The van der Waals surface area contributed by atoms with E-state index in [9.17, 15) is 34.5 Å². The number of aliphatic hydroxyl groups is 2. The molecule has 0 aliphatic rings. The van der Waals surface area contributed by atoms with Crippen LogP contribution in [-0.2, 0) is 25.6 Å². The maximum Gasteiger partial charge on any atom is 0.326 e. The van der Waals surface area contributed by atoms with E-state index in [0.29, 0.717) is 11.3 Å². The van der Waals surface area contributed by atoms with E-state index in [0.717, 1.165) is 0 Å². The third kappa shape index (κ3) is 9.78. The summed E-state index contributed by atoms with van der Waals surface area (Å²) in [6.07, 6.45) is 0.873. The summed E-state index contributed by atoms with van der Waals surface area (Å²) in [5.74, 6) is -3.13. The third-order valence-electron chi connectivity index (χ3n) is 4.78. The lowest BCUT2D eigenvalue weighted by Crippen LogP contribution is -2.59. The lowest BCUT2D eigenvalue weighted by atomic mass is 10.0. The highest BCUT2D eigenvalue weighted by atomic mass is 32.2. The van der Waals surface area contributed by atoms with Gasteiger partial charge in [0, 0.05) is 6.42 Å². The molecule has 1 aromatic rings. The molecular weight excluding hydrogens is 452 g/mol. The number of nitrogens with two attached hydrogens (primary N) is 1. The van der Waals surface area contributed by atoms with E-state index in [-0.39, 0.29) is 12.8 Å². The van der Waals surface area contributed by atoms with Crippen LogP contribution in [0.1, 0.15) is 18.9 Å². The van der Waals surface area contributed by atoms with Crippen molar-refractivity contribution in [3.05, 3.63) is 35.9 Å². The van der Waals surface area contributed by atoms with E-state index in [1.165, 1.54) is 18.7 Å². The maximum atomic E-state index is 12.9. The molecule has 0 radical (unpaired) electrons. The number of rotatable bonds is 14. The molecule has 0 bridgehead atoms. The monoisotopic (exact) mass is 484 g/mol. The Kier molecular flexibility index (Phi) is 12.4. The van der Waals surface area contributed by atoms with Gasteiger partial charge in [-0.2, -0.15) is 11.8 Å². The van der Waals surface area contributed by atoms with Crippen LogP contribution in [0.15, 0.2) is 30.3 Å². The number of aliphatic carboxylic acids is 1. The molecule has 0 aromatic heterocycles. The van der Waals surface area contributed by atoms with Crippen LogP contribution in [0.5, 0.6) is 0 Å². The van der Waals surface area contributed by atoms with Crippen LogP contribution in [0.25, 0.3) is 0 Å². The van der Waals surface area contributed by atoms with Gasteiger partial charge < -0.3 is 37.0 Å². The first-order valence-electron chi connectivity index (χ1n) is 10.3. The first kappa shape index (κ1) is 28.4. The van der Waals surface area contributed by atoms with Gasteiger partial charge in [0.1, 0.15) is 24.2 Å². The molecule has 1 aromatic carbocycles. The highest BCUT2D eigenvalue weighted by Crippen LogP contribution is 2.07. The average molecular weight is 485 g/mol. The lowest BCUT2D eigenvalue weighted by Gasteiger charge is -2.25. The fourth-order valence-electron chi connectivity index (χ4n) is 2.78. The SMILES string of the molecule is CSCCC(NC(=O)C(Cc1ccccc1)NC(=O)C(CO)NC(=O)C(N)C(C)O)C(=O)O. The highest BCUT2D eigenvalue weighted by Gasteiger charge is 2.30. The zero-order chi connectivity index (χ0) is 25.0. The lowest BCUT2D eigenvalue weighted by molar-refractivity contribution is -0.142. The normalized spacial score (nSPS) is 15.4. The molecule has 3 amide bonds. The fraction of sp³-hybridized carbons (Fsp3) is 0.524. The standard InChI is InChI=1S/C21H32N4O7S/c1-12(27)17(22)20(30)25-16(11-26)19(29)24-15(10-13-6-4-3-5-7-13)18(28)23-14(21(31)32)8-9-33-2/h3-7,12,14-17,26-27H,8-11,22H2,1-2H3,(H,23,28)(H,24,29)(H,25,30)(H,31,32). The Morgan fingerprint density at radius 3 is 2.03 bits per heavy atom. The van der Waals surface area contributed by atoms with Crippen LogP contribution < -0.4 is 21.7 Å². The molecule has 0 fully saturated rings. The minimum Gasteiger partial charge on any atom is -0.480 e. The summed E-state index contributed by atoms with van der Waals surface area (Å²) < 4.78 is 0. The number of amides is 3. The van der Waals surface area contributed by atoms with E-state index in [1.54, 1.807) is 30.3 Å². The van der Waals surface area contributed by atoms with Gasteiger partial charge in [0.15, 0.2) is 0 Å². The van der Waals surface area contributed by atoms with Crippen LogP contribution in [0, 0.1) is 0 Å². The zero-order valence-electron chi connectivity index (χ0n) is 18.6. The Labute approximate surface area is 196 Å². The molecular formula is C21H32N4O7S. The van der Waals surface area contributed by atoms with Crippen molar-refractivity contribution >= 4 is 35.5 Å². The van der Waals surface area contributed by atoms with Crippen LogP contribution >= 0.6 is 11.8 Å². The first-order chi connectivity index (χ1) is 15.6.